The van der Waals surface area contributed by atoms with E-state index in [2.05, 4.69) is 23.2 Å². The molecule has 0 saturated heterocycles. The van der Waals surface area contributed by atoms with Crippen molar-refractivity contribution in [3.63, 3.8) is 0 Å². The fraction of sp³-hybridized carbons (Fsp3) is 0.200. The van der Waals surface area contributed by atoms with E-state index in [0.717, 1.165) is 12.1 Å². The first-order chi connectivity index (χ1) is 6.42. The Kier molecular flexibility index (Phi) is 2.08. The van der Waals surface area contributed by atoms with Crippen molar-refractivity contribution >= 4 is 0 Å². The van der Waals surface area contributed by atoms with Crippen LogP contribution >= 0.6 is 0 Å². The predicted octanol–water partition coefficient (Wildman–Crippen LogP) is 1.83. The van der Waals surface area contributed by atoms with Crippen LogP contribution in [0.25, 0.3) is 5.69 Å². The minimum atomic E-state index is 0.998. The first-order valence-corrected chi connectivity index (χ1v) is 4.36. The molecule has 2 rings (SSSR count). The number of hydrogen-bond acceptors (Lipinski definition) is 2. The number of aryl methyl sites for hydroxylation is 1. The van der Waals surface area contributed by atoms with Gasteiger partial charge in [0.15, 0.2) is 0 Å². The van der Waals surface area contributed by atoms with Crippen LogP contribution in [0.1, 0.15) is 12.5 Å². The monoisotopic (exact) mass is 173 g/mol. The molecule has 0 spiro atoms. The average Bonchev–Trinajstić information content (AvgIpc) is 2.70. The molecule has 3 heteroatoms. The van der Waals surface area contributed by atoms with Crippen molar-refractivity contribution in [1.29, 1.82) is 0 Å². The number of para-hydroxylation sites is 1. The first kappa shape index (κ1) is 7.98. The lowest BCUT2D eigenvalue weighted by Gasteiger charge is -2.04. The zero-order valence-corrected chi connectivity index (χ0v) is 7.51. The highest BCUT2D eigenvalue weighted by molar-refractivity contribution is 5.38. The molecule has 0 unspecified atom stereocenters. The Morgan fingerprint density at radius 1 is 1.15 bits per heavy atom. The minimum absolute atomic E-state index is 0.998. The second kappa shape index (κ2) is 3.39. The molecule has 1 aromatic carbocycles. The van der Waals surface area contributed by atoms with Gasteiger partial charge in [0.25, 0.3) is 0 Å². The molecule has 66 valence electrons. The molecule has 0 radical (unpaired) electrons. The van der Waals surface area contributed by atoms with Gasteiger partial charge in [0, 0.05) is 0 Å². The van der Waals surface area contributed by atoms with Gasteiger partial charge in [-0.15, -0.1) is 0 Å². The van der Waals surface area contributed by atoms with Crippen LogP contribution in [0.4, 0.5) is 0 Å². The maximum atomic E-state index is 4.10. The number of nitrogens with zero attached hydrogens (tertiary/aromatic N) is 3. The van der Waals surface area contributed by atoms with Crippen LogP contribution < -0.4 is 0 Å². The lowest BCUT2D eigenvalue weighted by atomic mass is 10.1. The van der Waals surface area contributed by atoms with E-state index in [4.69, 9.17) is 0 Å². The van der Waals surface area contributed by atoms with Crippen molar-refractivity contribution in [2.75, 3.05) is 0 Å². The van der Waals surface area contributed by atoms with Gasteiger partial charge in [0.1, 0.15) is 0 Å². The largest absolute Gasteiger partial charge is 0.157 e. The first-order valence-electron chi connectivity index (χ1n) is 4.36. The summed E-state index contributed by atoms with van der Waals surface area (Å²) in [5.74, 6) is 0. The van der Waals surface area contributed by atoms with E-state index in [1.165, 1.54) is 5.56 Å². The van der Waals surface area contributed by atoms with E-state index in [9.17, 15) is 0 Å². The standard InChI is InChI=1S/C10H11N3/c1-2-9-5-3-4-6-10(9)13-11-7-8-12-13/h3-8H,2H2,1H3. The molecule has 0 aliphatic rings. The van der Waals surface area contributed by atoms with Gasteiger partial charge in [-0.25, -0.2) is 0 Å². The molecular formula is C10H11N3. The average molecular weight is 173 g/mol. The fourth-order valence-electron chi connectivity index (χ4n) is 1.35. The number of aromatic nitrogens is 3. The zero-order valence-electron chi connectivity index (χ0n) is 7.51. The van der Waals surface area contributed by atoms with Crippen molar-refractivity contribution in [3.05, 3.63) is 42.2 Å². The maximum Gasteiger partial charge on any atom is 0.0888 e. The summed E-state index contributed by atoms with van der Waals surface area (Å²) in [6, 6.07) is 8.15. The van der Waals surface area contributed by atoms with Gasteiger partial charge in [-0.1, -0.05) is 25.1 Å². The van der Waals surface area contributed by atoms with Crippen LogP contribution in [0.2, 0.25) is 0 Å². The summed E-state index contributed by atoms with van der Waals surface area (Å²) >= 11 is 0. The Hall–Kier alpha value is -1.64. The van der Waals surface area contributed by atoms with Gasteiger partial charge in [0.05, 0.1) is 18.1 Å². The van der Waals surface area contributed by atoms with Crippen LogP contribution in [0.3, 0.4) is 0 Å². The van der Waals surface area contributed by atoms with E-state index in [0.29, 0.717) is 0 Å². The summed E-state index contributed by atoms with van der Waals surface area (Å²) < 4.78 is 0. The van der Waals surface area contributed by atoms with Crippen LogP contribution in [0, 0.1) is 0 Å². The Morgan fingerprint density at radius 2 is 1.85 bits per heavy atom. The zero-order chi connectivity index (χ0) is 9.10. The molecule has 3 nitrogen and oxygen atoms in total. The number of hydrogen-bond donors (Lipinski definition) is 0. The van der Waals surface area contributed by atoms with Crippen LogP contribution in [0.15, 0.2) is 36.7 Å². The summed E-state index contributed by atoms with van der Waals surface area (Å²) in [5, 5.41) is 8.20. The molecule has 2 aromatic rings. The molecule has 0 aliphatic carbocycles. The third kappa shape index (κ3) is 1.45. The summed E-state index contributed by atoms with van der Waals surface area (Å²) in [7, 11) is 0. The van der Waals surface area contributed by atoms with E-state index >= 15 is 0 Å². The Morgan fingerprint density at radius 3 is 2.54 bits per heavy atom. The third-order valence-corrected chi connectivity index (χ3v) is 2.01. The van der Waals surface area contributed by atoms with Crippen LogP contribution in [0.5, 0.6) is 0 Å². The SMILES string of the molecule is CCc1ccccc1-n1nccn1. The highest BCUT2D eigenvalue weighted by atomic mass is 15.5. The minimum Gasteiger partial charge on any atom is -0.157 e. The Balaban J connectivity index is 2.51. The molecule has 1 aromatic heterocycles. The van der Waals surface area contributed by atoms with Crippen molar-refractivity contribution in [2.45, 2.75) is 13.3 Å². The fourth-order valence-corrected chi connectivity index (χ4v) is 1.35. The topological polar surface area (TPSA) is 30.7 Å². The molecule has 0 aliphatic heterocycles. The molecule has 0 saturated carbocycles. The normalized spacial score (nSPS) is 10.2. The number of rotatable bonds is 2. The number of benzene rings is 1. The van der Waals surface area contributed by atoms with Gasteiger partial charge in [-0.05, 0) is 18.1 Å². The van der Waals surface area contributed by atoms with E-state index in [1.54, 1.807) is 17.2 Å². The van der Waals surface area contributed by atoms with Crippen molar-refractivity contribution in [3.8, 4) is 5.69 Å². The van der Waals surface area contributed by atoms with E-state index in [1.807, 2.05) is 18.2 Å². The summed E-state index contributed by atoms with van der Waals surface area (Å²) in [6.45, 7) is 2.13. The Labute approximate surface area is 77.0 Å². The van der Waals surface area contributed by atoms with Gasteiger partial charge < -0.3 is 0 Å². The summed E-state index contributed by atoms with van der Waals surface area (Å²) in [6.07, 6.45) is 4.37. The van der Waals surface area contributed by atoms with Crippen LogP contribution in [-0.2, 0) is 6.42 Å². The van der Waals surface area contributed by atoms with Crippen molar-refractivity contribution in [2.24, 2.45) is 0 Å². The maximum absolute atomic E-state index is 4.10. The van der Waals surface area contributed by atoms with Gasteiger partial charge in [-0.3, -0.25) is 0 Å². The van der Waals surface area contributed by atoms with E-state index in [-0.39, 0.29) is 0 Å². The summed E-state index contributed by atoms with van der Waals surface area (Å²) in [5.41, 5.74) is 2.33. The van der Waals surface area contributed by atoms with Crippen molar-refractivity contribution < 1.29 is 0 Å². The molecule has 0 fully saturated rings. The lowest BCUT2D eigenvalue weighted by molar-refractivity contribution is 0.742. The lowest BCUT2D eigenvalue weighted by Crippen LogP contribution is -2.01. The van der Waals surface area contributed by atoms with Crippen LogP contribution in [-0.4, -0.2) is 15.0 Å². The second-order valence-electron chi connectivity index (χ2n) is 2.80. The second-order valence-corrected chi connectivity index (χ2v) is 2.80. The predicted molar refractivity (Wildman–Crippen MR) is 50.7 cm³/mol. The highest BCUT2D eigenvalue weighted by Crippen LogP contribution is 2.11. The molecule has 0 bridgehead atoms. The van der Waals surface area contributed by atoms with Crippen molar-refractivity contribution in [1.82, 2.24) is 15.0 Å². The van der Waals surface area contributed by atoms with Gasteiger partial charge >= 0.3 is 0 Å². The highest BCUT2D eigenvalue weighted by Gasteiger charge is 2.01. The molecule has 1 heterocycles. The molecule has 0 amide bonds. The van der Waals surface area contributed by atoms with Gasteiger partial charge in [-0.2, -0.15) is 15.0 Å². The van der Waals surface area contributed by atoms with E-state index < -0.39 is 0 Å². The molecule has 0 N–H and O–H groups in total. The molecule has 0 atom stereocenters. The molecular weight excluding hydrogens is 162 g/mol. The Bertz CT molecular complexity index is 379. The quantitative estimate of drug-likeness (QED) is 0.693. The van der Waals surface area contributed by atoms with Gasteiger partial charge in [0.2, 0.25) is 0 Å². The third-order valence-electron chi connectivity index (χ3n) is 2.01. The molecule has 13 heavy (non-hydrogen) atoms. The summed E-state index contributed by atoms with van der Waals surface area (Å²) in [4.78, 5) is 1.65. The smallest absolute Gasteiger partial charge is 0.0888 e.